The van der Waals surface area contributed by atoms with Crippen molar-refractivity contribution < 1.29 is 56.6 Å². The molecular weight excluding hydrogens is 621 g/mol. The van der Waals surface area contributed by atoms with E-state index in [1.807, 2.05) is 30.3 Å². The van der Waals surface area contributed by atoms with Crippen molar-refractivity contribution in [2.24, 2.45) is 11.3 Å². The predicted molar refractivity (Wildman–Crippen MR) is 161 cm³/mol. The number of carbonyl (C=O) groups is 5. The molecule has 0 saturated carbocycles. The van der Waals surface area contributed by atoms with Crippen molar-refractivity contribution in [3.63, 3.8) is 0 Å². The van der Waals surface area contributed by atoms with E-state index in [-0.39, 0.29) is 49.5 Å². The maximum atomic E-state index is 12.7. The number of ether oxygens (including phenoxy) is 3. The maximum absolute atomic E-state index is 12.7. The van der Waals surface area contributed by atoms with Crippen LogP contribution in [0.1, 0.15) is 39.7 Å². The van der Waals surface area contributed by atoms with Crippen LogP contribution in [0.5, 0.6) is 0 Å². The topological polar surface area (TPSA) is 197 Å². The second-order valence-electron chi connectivity index (χ2n) is 10.6. The van der Waals surface area contributed by atoms with Crippen molar-refractivity contribution in [1.82, 2.24) is 16.0 Å². The Morgan fingerprint density at radius 1 is 1.07 bits per heavy atom. The van der Waals surface area contributed by atoms with Crippen LogP contribution < -0.4 is 16.0 Å². The van der Waals surface area contributed by atoms with Gasteiger partial charge in [0.05, 0.1) is 0 Å². The van der Waals surface area contributed by atoms with Gasteiger partial charge in [-0.2, -0.15) is 0 Å². The number of nitrogens with one attached hydrogen (secondary N) is 3. The standard InChI is InChI=1S/C27H42N3O12PS/c1-18(2)21(30-26(35)38-15-19-9-7-6-8-10-19)24(33)44-14-13-29-25(34)39-17-41-43(36)40-16-27(3,4)22(42-43)23(32)28-12-11-20(31)37-5/h6-10,18,21-22,36,43H,11-17H2,1-5H3,(H,28,32)(H,29,34)(H,30,35)/t21-,22-/m0/s1. The van der Waals surface area contributed by atoms with Gasteiger partial charge in [-0.05, 0) is 5.56 Å². The Hall–Kier alpha value is -3.01. The van der Waals surface area contributed by atoms with Crippen molar-refractivity contribution in [2.45, 2.75) is 52.9 Å². The first-order valence-electron chi connectivity index (χ1n) is 13.8. The average molecular weight is 664 g/mol. The van der Waals surface area contributed by atoms with Crippen molar-refractivity contribution >= 4 is 49.1 Å². The van der Waals surface area contributed by atoms with E-state index in [9.17, 15) is 28.9 Å². The normalized spacial score (nSPS) is 18.3. The van der Waals surface area contributed by atoms with Gasteiger partial charge in [0.15, 0.2) is 0 Å². The van der Waals surface area contributed by atoms with Gasteiger partial charge in [0.2, 0.25) is 0 Å². The minimum atomic E-state index is -4.35. The minimum absolute atomic E-state index is 0.00619. The summed E-state index contributed by atoms with van der Waals surface area (Å²) in [6.45, 7) is 6.26. The van der Waals surface area contributed by atoms with E-state index in [1.165, 1.54) is 7.11 Å². The second-order valence-corrected chi connectivity index (χ2v) is 13.6. The van der Waals surface area contributed by atoms with Crippen LogP contribution in [-0.4, -0.2) is 85.6 Å². The monoisotopic (exact) mass is 663 g/mol. The van der Waals surface area contributed by atoms with Crippen LogP contribution >= 0.6 is 19.9 Å². The molecular formula is C27H42N3O12PS. The zero-order valence-electron chi connectivity index (χ0n) is 25.4. The summed E-state index contributed by atoms with van der Waals surface area (Å²) in [5.41, 5.74) is -0.0228. The third kappa shape index (κ3) is 12.9. The molecule has 1 aliphatic rings. The average Bonchev–Trinajstić information content (AvgIpc) is 2.98. The summed E-state index contributed by atoms with van der Waals surface area (Å²) in [7, 11) is -3.12. The fraction of sp³-hybridized carbons (Fsp3) is 0.593. The molecule has 0 unspecified atom stereocenters. The second kappa shape index (κ2) is 18.1. The first-order valence-corrected chi connectivity index (χ1v) is 16.5. The van der Waals surface area contributed by atoms with Crippen molar-refractivity contribution in [2.75, 3.05) is 39.4 Å². The summed E-state index contributed by atoms with van der Waals surface area (Å²) in [5.74, 6) is -1.10. The van der Waals surface area contributed by atoms with Crippen LogP contribution in [0.3, 0.4) is 0 Å². The number of hydrogen-bond donors (Lipinski definition) is 4. The SMILES string of the molecule is COC(=O)CCNC(=O)[C@@H]1O[PH](O)(OCOC(=O)NCCSC(=O)[C@@H](NC(=O)OCc2ccccc2)C(C)C)OCC1(C)C. The van der Waals surface area contributed by atoms with E-state index in [0.29, 0.717) is 0 Å². The summed E-state index contributed by atoms with van der Waals surface area (Å²) in [6, 6.07) is 8.33. The summed E-state index contributed by atoms with van der Waals surface area (Å²) >= 11 is 0.921. The number of methoxy groups -OCH3 is 1. The Kier molecular flexibility index (Phi) is 15.3. The number of rotatable bonds is 15. The van der Waals surface area contributed by atoms with Crippen LogP contribution in [0.2, 0.25) is 0 Å². The Bertz CT molecular complexity index is 1130. The first kappa shape index (κ1) is 37.2. The molecule has 248 valence electrons. The molecule has 0 radical (unpaired) electrons. The molecule has 4 N–H and O–H groups in total. The van der Waals surface area contributed by atoms with Crippen LogP contribution in [-0.2, 0) is 48.8 Å². The third-order valence-corrected chi connectivity index (χ3v) is 8.62. The molecule has 15 nitrogen and oxygen atoms in total. The molecule has 1 aromatic rings. The van der Waals surface area contributed by atoms with Gasteiger partial charge in [-0.1, -0.05) is 30.3 Å². The van der Waals surface area contributed by atoms with Crippen LogP contribution in [0.15, 0.2) is 30.3 Å². The quantitative estimate of drug-likeness (QED) is 0.0703. The molecule has 2 atom stereocenters. The van der Waals surface area contributed by atoms with Crippen molar-refractivity contribution in [1.29, 1.82) is 0 Å². The molecule has 17 heteroatoms. The molecule has 0 aromatic heterocycles. The van der Waals surface area contributed by atoms with Gasteiger partial charge in [-0.25, -0.2) is 4.79 Å². The first-order chi connectivity index (χ1) is 20.8. The zero-order valence-corrected chi connectivity index (χ0v) is 27.2. The van der Waals surface area contributed by atoms with Crippen LogP contribution in [0, 0.1) is 11.3 Å². The molecule has 1 fully saturated rings. The van der Waals surface area contributed by atoms with E-state index < -0.39 is 56.6 Å². The van der Waals surface area contributed by atoms with Gasteiger partial charge < -0.3 is 4.74 Å². The van der Waals surface area contributed by atoms with E-state index in [4.69, 9.17) is 23.0 Å². The number of benzene rings is 1. The van der Waals surface area contributed by atoms with Gasteiger partial charge in [0, 0.05) is 0 Å². The van der Waals surface area contributed by atoms with E-state index in [2.05, 4.69) is 20.7 Å². The van der Waals surface area contributed by atoms with Gasteiger partial charge in [-0.15, -0.1) is 0 Å². The molecule has 0 spiro atoms. The molecule has 1 aliphatic heterocycles. The number of amides is 3. The van der Waals surface area contributed by atoms with Gasteiger partial charge in [-0.3, -0.25) is 0 Å². The Morgan fingerprint density at radius 3 is 2.43 bits per heavy atom. The Balaban J connectivity index is 1.70. The number of esters is 1. The van der Waals surface area contributed by atoms with Gasteiger partial charge in [0.1, 0.15) is 6.61 Å². The number of carbonyl (C=O) groups excluding carboxylic acids is 5. The Labute approximate surface area is 261 Å². The van der Waals surface area contributed by atoms with Crippen LogP contribution in [0.25, 0.3) is 0 Å². The zero-order chi connectivity index (χ0) is 32.8. The van der Waals surface area contributed by atoms with Crippen LogP contribution in [0.4, 0.5) is 9.59 Å². The fourth-order valence-electron chi connectivity index (χ4n) is 3.65. The van der Waals surface area contributed by atoms with Crippen molar-refractivity contribution in [3.05, 3.63) is 35.9 Å². The summed E-state index contributed by atoms with van der Waals surface area (Å²) < 4.78 is 30.6. The molecule has 44 heavy (non-hydrogen) atoms. The Morgan fingerprint density at radius 2 is 1.77 bits per heavy atom. The summed E-state index contributed by atoms with van der Waals surface area (Å²) in [5, 5.41) is 7.26. The third-order valence-electron chi connectivity index (χ3n) is 6.15. The van der Waals surface area contributed by atoms with Crippen molar-refractivity contribution in [3.8, 4) is 0 Å². The molecule has 1 aromatic carbocycles. The number of alkyl carbamates (subject to hydrolysis) is 2. The van der Waals surface area contributed by atoms with E-state index in [0.717, 1.165) is 17.3 Å². The van der Waals surface area contributed by atoms with E-state index >= 15 is 0 Å². The molecule has 1 heterocycles. The van der Waals surface area contributed by atoms with Gasteiger partial charge >= 0.3 is 209 Å². The molecule has 0 aliphatic carbocycles. The molecule has 0 bridgehead atoms. The number of thioether (sulfide) groups is 1. The molecule has 3 amide bonds. The van der Waals surface area contributed by atoms with E-state index in [1.54, 1.807) is 27.7 Å². The summed E-state index contributed by atoms with van der Waals surface area (Å²) in [4.78, 5) is 71.5. The summed E-state index contributed by atoms with van der Waals surface area (Å²) in [6.07, 6.45) is -2.82. The molecule has 1 saturated heterocycles. The fourth-order valence-corrected chi connectivity index (χ4v) is 6.28. The number of hydrogen-bond acceptors (Lipinski definition) is 13. The predicted octanol–water partition coefficient (Wildman–Crippen LogP) is 2.42. The van der Waals surface area contributed by atoms with Gasteiger partial charge in [0.25, 0.3) is 0 Å². The molecule has 2 rings (SSSR count).